The van der Waals surface area contributed by atoms with Crippen LogP contribution in [0.4, 0.5) is 0 Å². The Morgan fingerprint density at radius 1 is 1.47 bits per heavy atom. The average molecular weight is 209 g/mol. The van der Waals surface area contributed by atoms with Crippen molar-refractivity contribution in [2.45, 2.75) is 33.6 Å². The van der Waals surface area contributed by atoms with Crippen LogP contribution in [0.25, 0.3) is 0 Å². The minimum atomic E-state index is -0.119. The highest BCUT2D eigenvalue weighted by molar-refractivity contribution is 5.69. The summed E-state index contributed by atoms with van der Waals surface area (Å²) in [6, 6.07) is 1.97. The largest absolute Gasteiger partial charge is 0.465 e. The monoisotopic (exact) mass is 209 g/mol. The summed E-state index contributed by atoms with van der Waals surface area (Å²) in [5.41, 5.74) is 1.19. The molecule has 0 aliphatic heterocycles. The van der Waals surface area contributed by atoms with Gasteiger partial charge in [0.2, 0.25) is 0 Å². The first-order chi connectivity index (χ1) is 6.97. The molecule has 3 nitrogen and oxygen atoms in total. The van der Waals surface area contributed by atoms with E-state index in [1.165, 1.54) is 0 Å². The molecule has 1 rings (SSSR count). The lowest BCUT2D eigenvalue weighted by Crippen LogP contribution is -2.18. The van der Waals surface area contributed by atoms with Crippen molar-refractivity contribution < 1.29 is 9.53 Å². The standard InChI is InChI=1S/C12H19NO2/c1-12(2,3)9-15-11(14)5-4-10-6-7-13-8-10/h6-8,13H,4-5,9H2,1-3H3. The molecule has 0 aliphatic rings. The zero-order valence-electron chi connectivity index (χ0n) is 9.67. The van der Waals surface area contributed by atoms with Crippen LogP contribution in [0, 0.1) is 5.41 Å². The molecule has 0 saturated heterocycles. The van der Waals surface area contributed by atoms with Crippen molar-refractivity contribution in [2.24, 2.45) is 5.41 Å². The van der Waals surface area contributed by atoms with Crippen molar-refractivity contribution in [3.05, 3.63) is 24.0 Å². The Morgan fingerprint density at radius 2 is 2.20 bits per heavy atom. The third-order valence-corrected chi connectivity index (χ3v) is 1.95. The summed E-state index contributed by atoms with van der Waals surface area (Å²) in [6.07, 6.45) is 4.95. The maximum absolute atomic E-state index is 11.4. The maximum Gasteiger partial charge on any atom is 0.306 e. The second-order valence-corrected chi connectivity index (χ2v) is 4.94. The van der Waals surface area contributed by atoms with Gasteiger partial charge in [-0.3, -0.25) is 4.79 Å². The zero-order valence-corrected chi connectivity index (χ0v) is 9.67. The van der Waals surface area contributed by atoms with Crippen molar-refractivity contribution in [3.8, 4) is 0 Å². The molecule has 0 unspecified atom stereocenters. The SMILES string of the molecule is CC(C)(C)COC(=O)CCc1cc[nH]c1. The van der Waals surface area contributed by atoms with Gasteiger partial charge in [0.25, 0.3) is 0 Å². The lowest BCUT2D eigenvalue weighted by atomic mass is 9.99. The van der Waals surface area contributed by atoms with Crippen LogP contribution in [0.15, 0.2) is 18.5 Å². The number of carbonyl (C=O) groups excluding carboxylic acids is 1. The Hall–Kier alpha value is -1.25. The normalized spacial score (nSPS) is 11.4. The summed E-state index contributed by atoms with van der Waals surface area (Å²) in [7, 11) is 0. The van der Waals surface area contributed by atoms with Gasteiger partial charge in [-0.15, -0.1) is 0 Å². The molecular formula is C12H19NO2. The number of ether oxygens (including phenoxy) is 1. The molecule has 1 heterocycles. The number of nitrogens with one attached hydrogen (secondary N) is 1. The first-order valence-electron chi connectivity index (χ1n) is 5.25. The summed E-state index contributed by atoms with van der Waals surface area (Å²) in [5, 5.41) is 0. The van der Waals surface area contributed by atoms with E-state index < -0.39 is 0 Å². The van der Waals surface area contributed by atoms with E-state index in [9.17, 15) is 4.79 Å². The third-order valence-electron chi connectivity index (χ3n) is 1.95. The van der Waals surface area contributed by atoms with Crippen molar-refractivity contribution in [1.29, 1.82) is 0 Å². The summed E-state index contributed by atoms with van der Waals surface area (Å²) in [4.78, 5) is 14.3. The van der Waals surface area contributed by atoms with Gasteiger partial charge in [-0.1, -0.05) is 20.8 Å². The van der Waals surface area contributed by atoms with E-state index in [-0.39, 0.29) is 11.4 Å². The lowest BCUT2D eigenvalue weighted by Gasteiger charge is -2.17. The topological polar surface area (TPSA) is 42.1 Å². The number of aromatic amines is 1. The Labute approximate surface area is 90.8 Å². The Bertz CT molecular complexity index is 296. The number of rotatable bonds is 4. The molecule has 0 aliphatic carbocycles. The minimum Gasteiger partial charge on any atom is -0.465 e. The third kappa shape index (κ3) is 5.25. The van der Waals surface area contributed by atoms with Crippen LogP contribution >= 0.6 is 0 Å². The van der Waals surface area contributed by atoms with Crippen LogP contribution in [0.2, 0.25) is 0 Å². The molecule has 0 fully saturated rings. The van der Waals surface area contributed by atoms with Crippen LogP contribution in [0.1, 0.15) is 32.8 Å². The second-order valence-electron chi connectivity index (χ2n) is 4.94. The summed E-state index contributed by atoms with van der Waals surface area (Å²) in [6.45, 7) is 6.63. The quantitative estimate of drug-likeness (QED) is 0.774. The second kappa shape index (κ2) is 5.01. The molecule has 1 aromatic heterocycles. The van der Waals surface area contributed by atoms with E-state index >= 15 is 0 Å². The minimum absolute atomic E-state index is 0.0454. The van der Waals surface area contributed by atoms with Gasteiger partial charge in [-0.05, 0) is 23.5 Å². The van der Waals surface area contributed by atoms with Gasteiger partial charge in [0.05, 0.1) is 6.61 Å². The molecule has 15 heavy (non-hydrogen) atoms. The molecule has 0 amide bonds. The van der Waals surface area contributed by atoms with Crippen molar-refractivity contribution in [1.82, 2.24) is 4.98 Å². The van der Waals surface area contributed by atoms with Crippen LogP contribution in [-0.2, 0) is 16.0 Å². The van der Waals surface area contributed by atoms with Crippen molar-refractivity contribution >= 4 is 5.97 Å². The van der Waals surface area contributed by atoms with Crippen LogP contribution < -0.4 is 0 Å². The fourth-order valence-electron chi connectivity index (χ4n) is 1.13. The first-order valence-corrected chi connectivity index (χ1v) is 5.25. The molecule has 3 heteroatoms. The van der Waals surface area contributed by atoms with E-state index in [1.807, 2.05) is 39.2 Å². The van der Waals surface area contributed by atoms with E-state index in [4.69, 9.17) is 4.74 Å². The predicted octanol–water partition coefficient (Wildman–Crippen LogP) is 2.54. The fourth-order valence-corrected chi connectivity index (χ4v) is 1.13. The van der Waals surface area contributed by atoms with E-state index in [0.717, 1.165) is 12.0 Å². The molecule has 0 atom stereocenters. The molecular weight excluding hydrogens is 190 g/mol. The van der Waals surface area contributed by atoms with Crippen LogP contribution in [-0.4, -0.2) is 17.6 Å². The molecule has 0 aromatic carbocycles. The van der Waals surface area contributed by atoms with Gasteiger partial charge in [-0.25, -0.2) is 0 Å². The average Bonchev–Trinajstić information content (AvgIpc) is 2.62. The van der Waals surface area contributed by atoms with Crippen LogP contribution in [0.3, 0.4) is 0 Å². The molecule has 1 N–H and O–H groups in total. The number of aromatic nitrogens is 1. The van der Waals surface area contributed by atoms with Crippen molar-refractivity contribution in [2.75, 3.05) is 6.61 Å². The zero-order chi connectivity index (χ0) is 11.3. The molecule has 84 valence electrons. The first kappa shape index (κ1) is 11.8. The van der Waals surface area contributed by atoms with Gasteiger partial charge in [0.1, 0.15) is 0 Å². The van der Waals surface area contributed by atoms with Gasteiger partial charge >= 0.3 is 5.97 Å². The van der Waals surface area contributed by atoms with E-state index in [0.29, 0.717) is 13.0 Å². The van der Waals surface area contributed by atoms with Gasteiger partial charge in [0, 0.05) is 18.8 Å². The highest BCUT2D eigenvalue weighted by Crippen LogP contribution is 2.13. The van der Waals surface area contributed by atoms with Crippen molar-refractivity contribution in [3.63, 3.8) is 0 Å². The summed E-state index contributed by atoms with van der Waals surface area (Å²) < 4.78 is 5.16. The molecule has 0 bridgehead atoms. The fraction of sp³-hybridized carbons (Fsp3) is 0.583. The Balaban J connectivity index is 2.20. The Morgan fingerprint density at radius 3 is 2.73 bits per heavy atom. The van der Waals surface area contributed by atoms with Gasteiger partial charge < -0.3 is 9.72 Å². The highest BCUT2D eigenvalue weighted by atomic mass is 16.5. The number of hydrogen-bond acceptors (Lipinski definition) is 2. The lowest BCUT2D eigenvalue weighted by molar-refractivity contribution is -0.146. The van der Waals surface area contributed by atoms with E-state index in [2.05, 4.69) is 4.98 Å². The molecule has 1 aromatic rings. The highest BCUT2D eigenvalue weighted by Gasteiger charge is 2.13. The molecule has 0 spiro atoms. The van der Waals surface area contributed by atoms with E-state index in [1.54, 1.807) is 0 Å². The predicted molar refractivity (Wildman–Crippen MR) is 59.5 cm³/mol. The number of aryl methyl sites for hydroxylation is 1. The van der Waals surface area contributed by atoms with Gasteiger partial charge in [-0.2, -0.15) is 0 Å². The number of H-pyrrole nitrogens is 1. The number of carbonyl (C=O) groups is 1. The summed E-state index contributed by atoms with van der Waals surface area (Å²) in [5.74, 6) is -0.119. The number of esters is 1. The molecule has 0 saturated carbocycles. The smallest absolute Gasteiger partial charge is 0.306 e. The summed E-state index contributed by atoms with van der Waals surface area (Å²) >= 11 is 0. The molecule has 0 radical (unpaired) electrons. The maximum atomic E-state index is 11.4. The van der Waals surface area contributed by atoms with Gasteiger partial charge in [0.15, 0.2) is 0 Å². The number of hydrogen-bond donors (Lipinski definition) is 1. The van der Waals surface area contributed by atoms with Crippen LogP contribution in [0.5, 0.6) is 0 Å². The Kier molecular flexibility index (Phi) is 3.95.